The van der Waals surface area contributed by atoms with Gasteiger partial charge in [0.2, 0.25) is 0 Å². The fourth-order valence-corrected chi connectivity index (χ4v) is 2.41. The highest BCUT2D eigenvalue weighted by Crippen LogP contribution is 2.28. The number of rotatable bonds is 8. The van der Waals surface area contributed by atoms with Crippen molar-refractivity contribution in [3.05, 3.63) is 59.4 Å². The SMILES string of the molecule is COc1cc(C(=O)NNC(=O)CNC(=O)NCc2ccc(F)cc2)ccc1OC(C)C. The number of urea groups is 1. The normalized spacial score (nSPS) is 10.2. The van der Waals surface area contributed by atoms with Crippen LogP contribution in [-0.4, -0.2) is 37.6 Å². The molecule has 0 saturated carbocycles. The van der Waals surface area contributed by atoms with Gasteiger partial charge in [0.25, 0.3) is 11.8 Å². The maximum Gasteiger partial charge on any atom is 0.315 e. The summed E-state index contributed by atoms with van der Waals surface area (Å²) < 4.78 is 23.7. The molecule has 166 valence electrons. The fourth-order valence-electron chi connectivity index (χ4n) is 2.41. The second kappa shape index (κ2) is 11.4. The lowest BCUT2D eigenvalue weighted by Gasteiger charge is -2.14. The van der Waals surface area contributed by atoms with Crippen LogP contribution in [-0.2, 0) is 11.3 Å². The molecule has 0 aliphatic carbocycles. The zero-order chi connectivity index (χ0) is 22.8. The van der Waals surface area contributed by atoms with Crippen LogP contribution in [0.3, 0.4) is 0 Å². The second-order valence-corrected chi connectivity index (χ2v) is 6.70. The van der Waals surface area contributed by atoms with E-state index in [-0.39, 0.29) is 30.6 Å². The van der Waals surface area contributed by atoms with Gasteiger partial charge >= 0.3 is 6.03 Å². The number of hydrogen-bond donors (Lipinski definition) is 4. The van der Waals surface area contributed by atoms with Crippen LogP contribution in [0.15, 0.2) is 42.5 Å². The highest BCUT2D eigenvalue weighted by atomic mass is 19.1. The molecule has 0 aromatic heterocycles. The highest BCUT2D eigenvalue weighted by molar-refractivity contribution is 5.96. The van der Waals surface area contributed by atoms with Crippen molar-refractivity contribution in [3.8, 4) is 11.5 Å². The molecule has 0 aliphatic heterocycles. The molecule has 0 fully saturated rings. The Bertz CT molecular complexity index is 918. The van der Waals surface area contributed by atoms with Crippen molar-refractivity contribution < 1.29 is 28.2 Å². The Morgan fingerprint density at radius 3 is 2.32 bits per heavy atom. The Morgan fingerprint density at radius 2 is 1.68 bits per heavy atom. The van der Waals surface area contributed by atoms with Crippen LogP contribution in [0.5, 0.6) is 11.5 Å². The molecule has 31 heavy (non-hydrogen) atoms. The number of carbonyl (C=O) groups is 3. The predicted octanol–water partition coefficient (Wildman–Crippen LogP) is 1.88. The molecule has 0 saturated heterocycles. The van der Waals surface area contributed by atoms with Crippen molar-refractivity contribution in [1.29, 1.82) is 0 Å². The average molecular weight is 432 g/mol. The molecule has 2 aromatic carbocycles. The van der Waals surface area contributed by atoms with Crippen molar-refractivity contribution in [3.63, 3.8) is 0 Å². The first-order chi connectivity index (χ1) is 14.8. The van der Waals surface area contributed by atoms with Crippen LogP contribution in [0.1, 0.15) is 29.8 Å². The van der Waals surface area contributed by atoms with Crippen molar-refractivity contribution >= 4 is 17.8 Å². The molecule has 4 amide bonds. The molecule has 0 heterocycles. The van der Waals surface area contributed by atoms with Gasteiger partial charge in [0.05, 0.1) is 13.2 Å². The van der Waals surface area contributed by atoms with Crippen LogP contribution in [0.25, 0.3) is 0 Å². The summed E-state index contributed by atoms with van der Waals surface area (Å²) in [5.41, 5.74) is 5.41. The lowest BCUT2D eigenvalue weighted by molar-refractivity contribution is -0.120. The van der Waals surface area contributed by atoms with Gasteiger partial charge in [-0.25, -0.2) is 9.18 Å². The van der Waals surface area contributed by atoms with E-state index >= 15 is 0 Å². The summed E-state index contributed by atoms with van der Waals surface area (Å²) in [7, 11) is 1.46. The summed E-state index contributed by atoms with van der Waals surface area (Å²) in [6.07, 6.45) is -0.0618. The summed E-state index contributed by atoms with van der Waals surface area (Å²) in [5.74, 6) is -0.688. The molecule has 2 rings (SSSR count). The molecule has 2 aromatic rings. The number of nitrogens with one attached hydrogen (secondary N) is 4. The Hall–Kier alpha value is -3.82. The Balaban J connectivity index is 1.75. The number of amides is 4. The molecule has 9 nitrogen and oxygen atoms in total. The van der Waals surface area contributed by atoms with E-state index < -0.39 is 17.8 Å². The highest BCUT2D eigenvalue weighted by Gasteiger charge is 2.13. The minimum Gasteiger partial charge on any atom is -0.493 e. The lowest BCUT2D eigenvalue weighted by Crippen LogP contribution is -2.47. The summed E-state index contributed by atoms with van der Waals surface area (Å²) in [6, 6.07) is 9.67. The van der Waals surface area contributed by atoms with Gasteiger partial charge in [0.1, 0.15) is 12.4 Å². The van der Waals surface area contributed by atoms with E-state index in [1.807, 2.05) is 13.8 Å². The van der Waals surface area contributed by atoms with Crippen molar-refractivity contribution in [1.82, 2.24) is 21.5 Å². The summed E-state index contributed by atoms with van der Waals surface area (Å²) in [5, 5.41) is 4.88. The van der Waals surface area contributed by atoms with Crippen LogP contribution < -0.4 is 31.0 Å². The zero-order valence-electron chi connectivity index (χ0n) is 17.5. The Morgan fingerprint density at radius 1 is 0.968 bits per heavy atom. The zero-order valence-corrected chi connectivity index (χ0v) is 17.5. The summed E-state index contributed by atoms with van der Waals surface area (Å²) >= 11 is 0. The molecule has 0 unspecified atom stereocenters. The summed E-state index contributed by atoms with van der Waals surface area (Å²) in [6.45, 7) is 3.54. The number of hydrogen-bond acceptors (Lipinski definition) is 5. The maximum atomic E-state index is 12.8. The molecular formula is C21H25FN4O5. The first kappa shape index (κ1) is 23.5. The minimum absolute atomic E-state index is 0.0618. The van der Waals surface area contributed by atoms with Crippen molar-refractivity contribution in [2.45, 2.75) is 26.5 Å². The van der Waals surface area contributed by atoms with Gasteiger partial charge in [-0.3, -0.25) is 20.4 Å². The molecule has 0 radical (unpaired) electrons. The third-order valence-electron chi connectivity index (χ3n) is 3.88. The van der Waals surface area contributed by atoms with E-state index in [1.54, 1.807) is 6.07 Å². The third kappa shape index (κ3) is 7.84. The lowest BCUT2D eigenvalue weighted by atomic mass is 10.2. The standard InChI is InChI=1S/C21H25FN4O5/c1-13(2)31-17-9-6-15(10-18(17)30-3)20(28)26-25-19(27)12-24-21(29)23-11-14-4-7-16(22)8-5-14/h4-10,13H,11-12H2,1-3H3,(H,25,27)(H,26,28)(H2,23,24,29). The molecule has 0 aliphatic rings. The molecule has 4 N–H and O–H groups in total. The van der Waals surface area contributed by atoms with E-state index in [9.17, 15) is 18.8 Å². The minimum atomic E-state index is -0.628. The number of methoxy groups -OCH3 is 1. The summed E-state index contributed by atoms with van der Waals surface area (Å²) in [4.78, 5) is 35.8. The first-order valence-corrected chi connectivity index (χ1v) is 9.48. The van der Waals surface area contributed by atoms with Crippen LogP contribution in [0, 0.1) is 5.82 Å². The molecule has 0 spiro atoms. The maximum absolute atomic E-state index is 12.8. The van der Waals surface area contributed by atoms with E-state index in [1.165, 1.54) is 43.5 Å². The van der Waals surface area contributed by atoms with Gasteiger partial charge in [-0.15, -0.1) is 0 Å². The van der Waals surface area contributed by atoms with E-state index in [0.29, 0.717) is 17.1 Å². The molecular weight excluding hydrogens is 407 g/mol. The van der Waals surface area contributed by atoms with Gasteiger partial charge < -0.3 is 20.1 Å². The topological polar surface area (TPSA) is 118 Å². The molecule has 0 atom stereocenters. The van der Waals surface area contributed by atoms with Gasteiger partial charge in [-0.2, -0.15) is 0 Å². The van der Waals surface area contributed by atoms with Crippen LogP contribution in [0.4, 0.5) is 9.18 Å². The number of ether oxygens (including phenoxy) is 2. The number of benzene rings is 2. The predicted molar refractivity (Wildman–Crippen MR) is 111 cm³/mol. The number of halogens is 1. The largest absolute Gasteiger partial charge is 0.493 e. The fraction of sp³-hybridized carbons (Fsp3) is 0.286. The second-order valence-electron chi connectivity index (χ2n) is 6.70. The first-order valence-electron chi connectivity index (χ1n) is 9.48. The van der Waals surface area contributed by atoms with Crippen LogP contribution in [0.2, 0.25) is 0 Å². The Kier molecular flexibility index (Phi) is 8.62. The van der Waals surface area contributed by atoms with Gasteiger partial charge in [-0.1, -0.05) is 12.1 Å². The van der Waals surface area contributed by atoms with Gasteiger partial charge in [0, 0.05) is 12.1 Å². The number of hydrazine groups is 1. The van der Waals surface area contributed by atoms with Crippen LogP contribution >= 0.6 is 0 Å². The van der Waals surface area contributed by atoms with E-state index in [2.05, 4.69) is 21.5 Å². The van der Waals surface area contributed by atoms with E-state index in [4.69, 9.17) is 9.47 Å². The number of carbonyl (C=O) groups excluding carboxylic acids is 3. The monoisotopic (exact) mass is 432 g/mol. The van der Waals surface area contributed by atoms with Gasteiger partial charge in [0.15, 0.2) is 11.5 Å². The molecule has 0 bridgehead atoms. The Labute approximate surface area is 179 Å². The van der Waals surface area contributed by atoms with Gasteiger partial charge in [-0.05, 0) is 49.7 Å². The average Bonchev–Trinajstić information content (AvgIpc) is 2.75. The molecule has 10 heteroatoms. The smallest absolute Gasteiger partial charge is 0.315 e. The van der Waals surface area contributed by atoms with E-state index in [0.717, 1.165) is 0 Å². The third-order valence-corrected chi connectivity index (χ3v) is 3.88. The quantitative estimate of drug-likeness (QED) is 0.475. The van der Waals surface area contributed by atoms with Crippen molar-refractivity contribution in [2.75, 3.05) is 13.7 Å². The van der Waals surface area contributed by atoms with Crippen molar-refractivity contribution in [2.24, 2.45) is 0 Å².